The van der Waals surface area contributed by atoms with E-state index in [-0.39, 0.29) is 17.5 Å². The summed E-state index contributed by atoms with van der Waals surface area (Å²) in [5, 5.41) is 16.9. The van der Waals surface area contributed by atoms with Crippen LogP contribution in [0.15, 0.2) is 28.7 Å². The third-order valence-corrected chi connectivity index (χ3v) is 2.87. The summed E-state index contributed by atoms with van der Waals surface area (Å²) in [7, 11) is 1.71. The highest BCUT2D eigenvalue weighted by molar-refractivity contribution is 5.60. The van der Waals surface area contributed by atoms with Crippen molar-refractivity contribution in [1.29, 1.82) is 0 Å². The molecule has 0 aliphatic heterocycles. The Kier molecular flexibility index (Phi) is 3.88. The van der Waals surface area contributed by atoms with Crippen molar-refractivity contribution < 1.29 is 9.34 Å². The second kappa shape index (κ2) is 5.60. The molecule has 0 aromatic carbocycles. The maximum absolute atomic E-state index is 11.0. The van der Waals surface area contributed by atoms with Crippen molar-refractivity contribution in [1.82, 2.24) is 4.98 Å². The third kappa shape index (κ3) is 2.87. The molecule has 106 valence electrons. The molecule has 7 nitrogen and oxygen atoms in total. The third-order valence-electron chi connectivity index (χ3n) is 2.87. The van der Waals surface area contributed by atoms with Gasteiger partial charge >= 0.3 is 5.69 Å². The second-order valence-electron chi connectivity index (χ2n) is 4.39. The molecule has 0 saturated heterocycles. The van der Waals surface area contributed by atoms with Gasteiger partial charge in [0.15, 0.2) is 0 Å². The number of aryl methyl sites for hydroxylation is 1. The highest BCUT2D eigenvalue weighted by Gasteiger charge is 2.19. The first kappa shape index (κ1) is 13.9. The molecule has 0 fully saturated rings. The van der Waals surface area contributed by atoms with Crippen molar-refractivity contribution in [3.8, 4) is 0 Å². The lowest BCUT2D eigenvalue weighted by Crippen LogP contribution is -2.10. The van der Waals surface area contributed by atoms with Gasteiger partial charge in [-0.05, 0) is 32.0 Å². The van der Waals surface area contributed by atoms with E-state index in [1.54, 1.807) is 13.1 Å². The number of nitrogens with zero attached hydrogens (tertiary/aromatic N) is 2. The molecule has 2 rings (SSSR count). The zero-order chi connectivity index (χ0) is 14.7. The lowest BCUT2D eigenvalue weighted by molar-refractivity contribution is -0.384. The minimum Gasteiger partial charge on any atom is -0.464 e. The Morgan fingerprint density at radius 3 is 2.65 bits per heavy atom. The van der Waals surface area contributed by atoms with Gasteiger partial charge in [-0.1, -0.05) is 0 Å². The van der Waals surface area contributed by atoms with Crippen LogP contribution in [0.4, 0.5) is 17.3 Å². The van der Waals surface area contributed by atoms with Crippen LogP contribution in [0.25, 0.3) is 0 Å². The SMILES string of the molecule is CNc1ccc([N+](=O)[O-])c(NC(C)c2ccc(C)o2)n1. The Bertz CT molecular complexity index is 624. The van der Waals surface area contributed by atoms with Crippen molar-refractivity contribution >= 4 is 17.3 Å². The van der Waals surface area contributed by atoms with Gasteiger partial charge in [0.1, 0.15) is 17.3 Å². The molecular weight excluding hydrogens is 260 g/mol. The number of aromatic nitrogens is 1. The van der Waals surface area contributed by atoms with Gasteiger partial charge in [0, 0.05) is 13.1 Å². The van der Waals surface area contributed by atoms with Gasteiger partial charge in [0.2, 0.25) is 5.82 Å². The molecule has 0 spiro atoms. The van der Waals surface area contributed by atoms with E-state index in [9.17, 15) is 10.1 Å². The van der Waals surface area contributed by atoms with Crippen molar-refractivity contribution in [2.45, 2.75) is 19.9 Å². The molecule has 20 heavy (non-hydrogen) atoms. The van der Waals surface area contributed by atoms with Gasteiger partial charge in [0.25, 0.3) is 0 Å². The first-order chi connectivity index (χ1) is 9.51. The zero-order valence-electron chi connectivity index (χ0n) is 11.5. The van der Waals surface area contributed by atoms with E-state index in [4.69, 9.17) is 4.42 Å². The number of pyridine rings is 1. The van der Waals surface area contributed by atoms with Gasteiger partial charge in [-0.3, -0.25) is 10.1 Å². The van der Waals surface area contributed by atoms with Gasteiger partial charge < -0.3 is 15.1 Å². The highest BCUT2D eigenvalue weighted by atomic mass is 16.6. The lowest BCUT2D eigenvalue weighted by Gasteiger charge is -2.13. The summed E-state index contributed by atoms with van der Waals surface area (Å²) in [6.07, 6.45) is 0. The Morgan fingerprint density at radius 2 is 2.10 bits per heavy atom. The van der Waals surface area contributed by atoms with E-state index >= 15 is 0 Å². The van der Waals surface area contributed by atoms with Crippen molar-refractivity contribution in [3.05, 3.63) is 45.9 Å². The molecule has 1 atom stereocenters. The van der Waals surface area contributed by atoms with Crippen LogP contribution in [0.2, 0.25) is 0 Å². The van der Waals surface area contributed by atoms with E-state index in [1.807, 2.05) is 26.0 Å². The summed E-state index contributed by atoms with van der Waals surface area (Å²) >= 11 is 0. The van der Waals surface area contributed by atoms with Crippen LogP contribution in [0, 0.1) is 17.0 Å². The number of nitrogens with one attached hydrogen (secondary N) is 2. The molecule has 2 aromatic rings. The molecule has 0 aliphatic rings. The van der Waals surface area contributed by atoms with Crippen LogP contribution in [-0.4, -0.2) is 17.0 Å². The van der Waals surface area contributed by atoms with Crippen molar-refractivity contribution in [2.75, 3.05) is 17.7 Å². The Morgan fingerprint density at radius 1 is 1.35 bits per heavy atom. The van der Waals surface area contributed by atoms with Crippen LogP contribution in [0.1, 0.15) is 24.5 Å². The average molecular weight is 276 g/mol. The number of nitro groups is 1. The van der Waals surface area contributed by atoms with Gasteiger partial charge in [-0.25, -0.2) is 4.98 Å². The minimum absolute atomic E-state index is 0.0703. The molecule has 0 amide bonds. The predicted molar refractivity (Wildman–Crippen MR) is 75.9 cm³/mol. The molecule has 2 aromatic heterocycles. The maximum atomic E-state index is 11.0. The summed E-state index contributed by atoms with van der Waals surface area (Å²) in [5.41, 5.74) is -0.0703. The maximum Gasteiger partial charge on any atom is 0.311 e. The minimum atomic E-state index is -0.463. The fourth-order valence-corrected chi connectivity index (χ4v) is 1.81. The first-order valence-corrected chi connectivity index (χ1v) is 6.17. The first-order valence-electron chi connectivity index (χ1n) is 6.17. The molecule has 2 N–H and O–H groups in total. The van der Waals surface area contributed by atoms with Crippen molar-refractivity contribution in [3.63, 3.8) is 0 Å². The lowest BCUT2D eigenvalue weighted by atomic mass is 10.2. The highest BCUT2D eigenvalue weighted by Crippen LogP contribution is 2.28. The quantitative estimate of drug-likeness (QED) is 0.643. The van der Waals surface area contributed by atoms with Gasteiger partial charge in [-0.2, -0.15) is 0 Å². The van der Waals surface area contributed by atoms with E-state index in [0.717, 1.165) is 5.76 Å². The summed E-state index contributed by atoms with van der Waals surface area (Å²) in [4.78, 5) is 14.7. The van der Waals surface area contributed by atoms with Gasteiger partial charge in [-0.15, -0.1) is 0 Å². The van der Waals surface area contributed by atoms with E-state index in [2.05, 4.69) is 15.6 Å². The monoisotopic (exact) mass is 276 g/mol. The summed E-state index contributed by atoms with van der Waals surface area (Å²) in [6.45, 7) is 3.70. The van der Waals surface area contributed by atoms with E-state index in [0.29, 0.717) is 11.6 Å². The molecule has 7 heteroatoms. The smallest absolute Gasteiger partial charge is 0.311 e. The summed E-state index contributed by atoms with van der Waals surface area (Å²) in [6, 6.07) is 6.44. The molecule has 0 bridgehead atoms. The molecule has 0 saturated carbocycles. The number of hydrogen-bond donors (Lipinski definition) is 2. The van der Waals surface area contributed by atoms with Crippen molar-refractivity contribution in [2.24, 2.45) is 0 Å². The van der Waals surface area contributed by atoms with Crippen LogP contribution in [0.3, 0.4) is 0 Å². The van der Waals surface area contributed by atoms with Crippen LogP contribution in [-0.2, 0) is 0 Å². The molecule has 0 radical (unpaired) electrons. The number of furan rings is 1. The number of anilines is 2. The number of rotatable bonds is 5. The zero-order valence-corrected chi connectivity index (χ0v) is 11.5. The van der Waals surface area contributed by atoms with E-state index in [1.165, 1.54) is 6.07 Å². The summed E-state index contributed by atoms with van der Waals surface area (Å²) < 4.78 is 5.50. The largest absolute Gasteiger partial charge is 0.464 e. The standard InChI is InChI=1S/C13H16N4O3/c1-8-4-6-11(20-8)9(2)15-13-10(17(18)19)5-7-12(14-3)16-13/h4-7,9H,1-3H3,(H2,14,15,16). The molecule has 2 heterocycles. The number of hydrogen-bond acceptors (Lipinski definition) is 6. The fraction of sp³-hybridized carbons (Fsp3) is 0.308. The fourth-order valence-electron chi connectivity index (χ4n) is 1.81. The Balaban J connectivity index is 2.29. The van der Waals surface area contributed by atoms with Gasteiger partial charge in [0.05, 0.1) is 11.0 Å². The van der Waals surface area contributed by atoms with Crippen LogP contribution >= 0.6 is 0 Å². The van der Waals surface area contributed by atoms with Crippen LogP contribution in [0.5, 0.6) is 0 Å². The average Bonchev–Trinajstić information content (AvgIpc) is 2.85. The normalized spacial score (nSPS) is 11.9. The predicted octanol–water partition coefficient (Wildman–Crippen LogP) is 3.11. The molecule has 1 unspecified atom stereocenters. The molecule has 0 aliphatic carbocycles. The summed E-state index contributed by atoms with van der Waals surface area (Å²) in [5.74, 6) is 2.26. The Hall–Kier alpha value is -2.57. The molecular formula is C13H16N4O3. The Labute approximate surface area is 116 Å². The second-order valence-corrected chi connectivity index (χ2v) is 4.39. The van der Waals surface area contributed by atoms with E-state index < -0.39 is 4.92 Å². The van der Waals surface area contributed by atoms with Crippen LogP contribution < -0.4 is 10.6 Å². The topological polar surface area (TPSA) is 93.2 Å².